The summed E-state index contributed by atoms with van der Waals surface area (Å²) >= 11 is 0. The molecular weight excluding hydrogens is 250 g/mol. The highest BCUT2D eigenvalue weighted by Gasteiger charge is 2.19. The Morgan fingerprint density at radius 3 is 2.70 bits per heavy atom. The number of carbonyl (C=O) groups excluding carboxylic acids is 1. The number of nitrogens with two attached hydrogens (primary N) is 1. The maximum Gasteiger partial charge on any atom is 0.238 e. The van der Waals surface area contributed by atoms with E-state index in [4.69, 9.17) is 5.73 Å². The van der Waals surface area contributed by atoms with Crippen LogP contribution in [0.5, 0.6) is 0 Å². The molecule has 3 N–H and O–H groups in total. The Morgan fingerprint density at radius 1 is 1.40 bits per heavy atom. The first-order chi connectivity index (χ1) is 9.58. The molecule has 0 spiro atoms. The van der Waals surface area contributed by atoms with E-state index in [-0.39, 0.29) is 5.91 Å². The zero-order chi connectivity index (χ0) is 14.5. The highest BCUT2D eigenvalue weighted by atomic mass is 16.2. The monoisotopic (exact) mass is 275 g/mol. The van der Waals surface area contributed by atoms with E-state index in [1.165, 1.54) is 19.3 Å². The van der Waals surface area contributed by atoms with Gasteiger partial charge in [0.15, 0.2) is 0 Å². The molecule has 1 aliphatic rings. The molecular formula is C16H25N3O. The number of nitrogens with zero attached hydrogens (tertiary/aromatic N) is 1. The largest absolute Gasteiger partial charge is 0.398 e. The van der Waals surface area contributed by atoms with Crippen molar-refractivity contribution >= 4 is 17.3 Å². The number of benzene rings is 1. The summed E-state index contributed by atoms with van der Waals surface area (Å²) in [6.07, 6.45) is 3.67. The van der Waals surface area contributed by atoms with Gasteiger partial charge in [0.2, 0.25) is 5.91 Å². The van der Waals surface area contributed by atoms with Crippen molar-refractivity contribution in [1.82, 2.24) is 4.90 Å². The number of amides is 1. The van der Waals surface area contributed by atoms with Gasteiger partial charge >= 0.3 is 0 Å². The van der Waals surface area contributed by atoms with Crippen LogP contribution in [0.2, 0.25) is 0 Å². The van der Waals surface area contributed by atoms with Crippen LogP contribution in [0.15, 0.2) is 18.2 Å². The minimum atomic E-state index is 0.0446. The number of anilines is 2. The van der Waals surface area contributed by atoms with Crippen molar-refractivity contribution < 1.29 is 4.79 Å². The molecule has 0 unspecified atom stereocenters. The highest BCUT2D eigenvalue weighted by molar-refractivity contribution is 5.92. The summed E-state index contributed by atoms with van der Waals surface area (Å²) in [6, 6.07) is 5.64. The average molecular weight is 275 g/mol. The van der Waals surface area contributed by atoms with Crippen LogP contribution < -0.4 is 11.1 Å². The van der Waals surface area contributed by atoms with Gasteiger partial charge in [0.1, 0.15) is 0 Å². The van der Waals surface area contributed by atoms with Gasteiger partial charge in [-0.3, -0.25) is 9.69 Å². The first kappa shape index (κ1) is 14.9. The molecule has 2 rings (SSSR count). The lowest BCUT2D eigenvalue weighted by atomic mass is 9.94. The van der Waals surface area contributed by atoms with Crippen molar-refractivity contribution in [2.45, 2.75) is 33.1 Å². The number of aryl methyl sites for hydroxylation is 1. The standard InChI is InChI=1S/C16H25N3O/c1-3-13-6-8-19(9-7-13)11-16(20)18-14-5-4-12(2)15(17)10-14/h4-5,10,13H,3,6-9,11,17H2,1-2H3,(H,18,20). The molecule has 0 aliphatic carbocycles. The lowest BCUT2D eigenvalue weighted by Crippen LogP contribution is -2.39. The zero-order valence-electron chi connectivity index (χ0n) is 12.5. The molecule has 1 saturated heterocycles. The maximum absolute atomic E-state index is 12.0. The van der Waals surface area contributed by atoms with Gasteiger partial charge in [-0.1, -0.05) is 19.4 Å². The fourth-order valence-corrected chi connectivity index (χ4v) is 2.67. The molecule has 1 aromatic carbocycles. The van der Waals surface area contributed by atoms with Crippen LogP contribution in [0.25, 0.3) is 0 Å². The van der Waals surface area contributed by atoms with Gasteiger partial charge in [0.25, 0.3) is 0 Å². The van der Waals surface area contributed by atoms with Crippen LogP contribution in [0, 0.1) is 12.8 Å². The third-order valence-electron chi connectivity index (χ3n) is 4.21. The molecule has 4 nitrogen and oxygen atoms in total. The smallest absolute Gasteiger partial charge is 0.238 e. The van der Waals surface area contributed by atoms with Crippen LogP contribution in [0.4, 0.5) is 11.4 Å². The molecule has 110 valence electrons. The van der Waals surface area contributed by atoms with Crippen molar-refractivity contribution in [3.8, 4) is 0 Å². The quantitative estimate of drug-likeness (QED) is 0.831. The normalized spacial score (nSPS) is 17.1. The molecule has 0 atom stereocenters. The summed E-state index contributed by atoms with van der Waals surface area (Å²) in [6.45, 7) is 6.74. The first-order valence-corrected chi connectivity index (χ1v) is 7.46. The van der Waals surface area contributed by atoms with E-state index in [0.29, 0.717) is 12.2 Å². The molecule has 0 aromatic heterocycles. The Labute approximate surface area is 121 Å². The molecule has 1 amide bonds. The van der Waals surface area contributed by atoms with E-state index in [9.17, 15) is 4.79 Å². The molecule has 0 bridgehead atoms. The molecule has 1 aromatic rings. The predicted molar refractivity (Wildman–Crippen MR) is 83.7 cm³/mol. The molecule has 1 aliphatic heterocycles. The van der Waals surface area contributed by atoms with Gasteiger partial charge in [0.05, 0.1) is 6.54 Å². The fraction of sp³-hybridized carbons (Fsp3) is 0.562. The van der Waals surface area contributed by atoms with Gasteiger partial charge < -0.3 is 11.1 Å². The first-order valence-electron chi connectivity index (χ1n) is 7.46. The summed E-state index contributed by atoms with van der Waals surface area (Å²) in [7, 11) is 0. The minimum Gasteiger partial charge on any atom is -0.398 e. The van der Waals surface area contributed by atoms with Crippen molar-refractivity contribution in [2.75, 3.05) is 30.7 Å². The molecule has 1 fully saturated rings. The Balaban J connectivity index is 1.82. The number of hydrogen-bond acceptors (Lipinski definition) is 3. The Morgan fingerprint density at radius 2 is 2.10 bits per heavy atom. The summed E-state index contributed by atoms with van der Waals surface area (Å²) < 4.78 is 0. The number of carbonyl (C=O) groups is 1. The van der Waals surface area contributed by atoms with Crippen LogP contribution in [-0.2, 0) is 4.79 Å². The fourth-order valence-electron chi connectivity index (χ4n) is 2.67. The summed E-state index contributed by atoms with van der Waals surface area (Å²) in [5, 5.41) is 2.92. The van der Waals surface area contributed by atoms with Crippen LogP contribution in [0.3, 0.4) is 0 Å². The Kier molecular flexibility index (Phi) is 5.01. The minimum absolute atomic E-state index is 0.0446. The van der Waals surface area contributed by atoms with E-state index >= 15 is 0 Å². The van der Waals surface area contributed by atoms with E-state index in [1.54, 1.807) is 0 Å². The summed E-state index contributed by atoms with van der Waals surface area (Å²) in [4.78, 5) is 14.3. The SMILES string of the molecule is CCC1CCN(CC(=O)Nc2ccc(C)c(N)c2)CC1. The molecule has 0 radical (unpaired) electrons. The van der Waals surface area contributed by atoms with Gasteiger partial charge in [0, 0.05) is 11.4 Å². The third-order valence-corrected chi connectivity index (χ3v) is 4.21. The number of hydrogen-bond donors (Lipinski definition) is 2. The molecule has 20 heavy (non-hydrogen) atoms. The number of likely N-dealkylation sites (tertiary alicyclic amines) is 1. The molecule has 1 heterocycles. The highest BCUT2D eigenvalue weighted by Crippen LogP contribution is 2.20. The topological polar surface area (TPSA) is 58.4 Å². The average Bonchev–Trinajstić information content (AvgIpc) is 2.44. The van der Waals surface area contributed by atoms with Crippen molar-refractivity contribution in [3.63, 3.8) is 0 Å². The Hall–Kier alpha value is -1.55. The predicted octanol–water partition coefficient (Wildman–Crippen LogP) is 2.64. The van der Waals surface area contributed by atoms with E-state index < -0.39 is 0 Å². The van der Waals surface area contributed by atoms with Crippen molar-refractivity contribution in [3.05, 3.63) is 23.8 Å². The molecule has 4 heteroatoms. The third kappa shape index (κ3) is 3.97. The second-order valence-corrected chi connectivity index (χ2v) is 5.75. The van der Waals surface area contributed by atoms with Crippen molar-refractivity contribution in [2.24, 2.45) is 5.92 Å². The van der Waals surface area contributed by atoms with Gasteiger partial charge in [-0.05, 0) is 56.5 Å². The lowest BCUT2D eigenvalue weighted by Gasteiger charge is -2.30. The Bertz CT molecular complexity index is 465. The van der Waals surface area contributed by atoms with Crippen LogP contribution >= 0.6 is 0 Å². The number of piperidine rings is 1. The van der Waals surface area contributed by atoms with Crippen molar-refractivity contribution in [1.29, 1.82) is 0 Å². The maximum atomic E-state index is 12.0. The second kappa shape index (κ2) is 6.75. The van der Waals surface area contributed by atoms with Gasteiger partial charge in [-0.25, -0.2) is 0 Å². The lowest BCUT2D eigenvalue weighted by molar-refractivity contribution is -0.117. The number of rotatable bonds is 4. The number of nitrogens with one attached hydrogen (secondary N) is 1. The number of nitrogen functional groups attached to an aromatic ring is 1. The summed E-state index contributed by atoms with van der Waals surface area (Å²) in [5.74, 6) is 0.884. The molecule has 0 saturated carbocycles. The second-order valence-electron chi connectivity index (χ2n) is 5.75. The van der Waals surface area contributed by atoms with E-state index in [2.05, 4.69) is 17.1 Å². The van der Waals surface area contributed by atoms with E-state index in [0.717, 1.165) is 30.3 Å². The zero-order valence-corrected chi connectivity index (χ0v) is 12.5. The van der Waals surface area contributed by atoms with Crippen LogP contribution in [0.1, 0.15) is 31.7 Å². The van der Waals surface area contributed by atoms with E-state index in [1.807, 2.05) is 25.1 Å². The van der Waals surface area contributed by atoms with Gasteiger partial charge in [-0.15, -0.1) is 0 Å². The van der Waals surface area contributed by atoms with Crippen LogP contribution in [-0.4, -0.2) is 30.4 Å². The summed E-state index contributed by atoms with van der Waals surface area (Å²) in [5.41, 5.74) is 8.38. The van der Waals surface area contributed by atoms with Gasteiger partial charge in [-0.2, -0.15) is 0 Å².